The fourth-order valence-corrected chi connectivity index (χ4v) is 5.57. The zero-order valence-electron chi connectivity index (χ0n) is 22.0. The van der Waals surface area contributed by atoms with Gasteiger partial charge in [0.2, 0.25) is 5.96 Å². The highest BCUT2D eigenvalue weighted by Crippen LogP contribution is 2.42. The van der Waals surface area contributed by atoms with Gasteiger partial charge in [0.1, 0.15) is 21.2 Å². The van der Waals surface area contributed by atoms with Crippen LogP contribution >= 0.6 is 11.3 Å². The van der Waals surface area contributed by atoms with Gasteiger partial charge in [-0.15, -0.1) is 15.2 Å². The maximum Gasteiger partial charge on any atom is 0.437 e. The predicted molar refractivity (Wildman–Crippen MR) is 133 cm³/mol. The molecule has 3 heterocycles. The Morgan fingerprint density at radius 1 is 1.05 bits per heavy atom. The van der Waals surface area contributed by atoms with Crippen molar-refractivity contribution in [1.82, 2.24) is 30.8 Å². The van der Waals surface area contributed by atoms with Crippen LogP contribution in [0.25, 0.3) is 0 Å². The van der Waals surface area contributed by atoms with Crippen molar-refractivity contribution in [3.05, 3.63) is 10.0 Å². The third-order valence-corrected chi connectivity index (χ3v) is 7.32. The number of nitrogens with zero attached hydrogens (tertiary/aromatic N) is 5. The minimum absolute atomic E-state index is 0.0391. The molecule has 0 radical (unpaired) electrons. The number of alkyl carbamates (subject to hydrolysis) is 1. The zero-order valence-corrected chi connectivity index (χ0v) is 22.8. The van der Waals surface area contributed by atoms with Crippen molar-refractivity contribution >= 4 is 35.5 Å². The zero-order chi connectivity index (χ0) is 27.1. The molecule has 204 valence electrons. The average molecular weight is 538 g/mol. The van der Waals surface area contributed by atoms with Gasteiger partial charge in [-0.3, -0.25) is 10.5 Å². The summed E-state index contributed by atoms with van der Waals surface area (Å²) in [5.41, 5.74) is -1.45. The maximum absolute atomic E-state index is 12.3. The molecule has 37 heavy (non-hydrogen) atoms. The first-order chi connectivity index (χ1) is 17.2. The molecule has 14 heteroatoms. The summed E-state index contributed by atoms with van der Waals surface area (Å²) in [7, 11) is 0. The van der Waals surface area contributed by atoms with E-state index in [1.165, 1.54) is 11.3 Å². The molecule has 0 spiro atoms. The van der Waals surface area contributed by atoms with E-state index in [4.69, 9.17) is 9.47 Å². The van der Waals surface area contributed by atoms with Crippen LogP contribution in [0.5, 0.6) is 0 Å². The summed E-state index contributed by atoms with van der Waals surface area (Å²) < 4.78 is 10.5. The van der Waals surface area contributed by atoms with E-state index in [9.17, 15) is 19.6 Å². The Morgan fingerprint density at radius 2 is 1.70 bits per heavy atom. The van der Waals surface area contributed by atoms with Crippen LogP contribution in [-0.2, 0) is 9.47 Å². The Balaban J connectivity index is 1.36. The van der Waals surface area contributed by atoms with Crippen LogP contribution < -0.4 is 10.6 Å². The number of aromatic nitrogens is 2. The number of amides is 4. The topological polar surface area (TPSA) is 159 Å². The summed E-state index contributed by atoms with van der Waals surface area (Å²) in [6.07, 6.45) is 1.27. The fourth-order valence-electron chi connectivity index (χ4n) is 4.46. The van der Waals surface area contributed by atoms with Gasteiger partial charge in [-0.2, -0.15) is 0 Å². The molecule has 2 bridgehead atoms. The molecule has 3 aliphatic rings. The second-order valence-corrected chi connectivity index (χ2v) is 12.6. The lowest BCUT2D eigenvalue weighted by Crippen LogP contribution is -2.51. The van der Waals surface area contributed by atoms with E-state index in [2.05, 4.69) is 25.8 Å². The van der Waals surface area contributed by atoms with Gasteiger partial charge in [-0.1, -0.05) is 11.3 Å². The molecule has 0 aromatic carbocycles. The molecule has 2 saturated heterocycles. The Kier molecular flexibility index (Phi) is 7.34. The number of rotatable bonds is 3. The van der Waals surface area contributed by atoms with Crippen molar-refractivity contribution in [2.45, 2.75) is 102 Å². The highest BCUT2D eigenvalue weighted by Gasteiger charge is 2.46. The molecule has 4 amide bonds. The highest BCUT2D eigenvalue weighted by molar-refractivity contribution is 7.11. The monoisotopic (exact) mass is 537 g/mol. The first kappa shape index (κ1) is 27.0. The van der Waals surface area contributed by atoms with Gasteiger partial charge >= 0.3 is 18.2 Å². The van der Waals surface area contributed by atoms with E-state index >= 15 is 0 Å². The number of nitrogens with one attached hydrogen (secondary N) is 2. The molecule has 1 aromatic heterocycles. The van der Waals surface area contributed by atoms with Crippen LogP contribution in [0.15, 0.2) is 4.99 Å². The van der Waals surface area contributed by atoms with Gasteiger partial charge in [0.25, 0.3) is 0 Å². The van der Waals surface area contributed by atoms with Crippen molar-refractivity contribution in [2.75, 3.05) is 6.54 Å². The molecule has 4 rings (SSSR count). The van der Waals surface area contributed by atoms with Gasteiger partial charge in [0.05, 0.1) is 12.1 Å². The lowest BCUT2D eigenvalue weighted by atomic mass is 9.81. The number of carbonyl (C=O) groups is 3. The van der Waals surface area contributed by atoms with Crippen LogP contribution in [0.4, 0.5) is 14.4 Å². The molecule has 3 fully saturated rings. The van der Waals surface area contributed by atoms with Gasteiger partial charge in [-0.25, -0.2) is 19.4 Å². The summed E-state index contributed by atoms with van der Waals surface area (Å²) in [4.78, 5) is 42.4. The summed E-state index contributed by atoms with van der Waals surface area (Å²) >= 11 is 1.48. The van der Waals surface area contributed by atoms with Gasteiger partial charge in [0, 0.05) is 18.5 Å². The predicted octanol–water partition coefficient (Wildman–Crippen LogP) is 3.52. The maximum atomic E-state index is 12.3. The molecular weight excluding hydrogens is 502 g/mol. The van der Waals surface area contributed by atoms with E-state index in [1.807, 2.05) is 0 Å². The fraction of sp³-hybridized carbons (Fsp3) is 0.739. The average Bonchev–Trinajstić information content (AvgIpc) is 3.28. The van der Waals surface area contributed by atoms with E-state index in [1.54, 1.807) is 46.4 Å². The Hall–Kier alpha value is -3.00. The van der Waals surface area contributed by atoms with Gasteiger partial charge < -0.3 is 19.7 Å². The molecule has 2 aliphatic heterocycles. The molecule has 3 N–H and O–H groups in total. The first-order valence-electron chi connectivity index (χ1n) is 12.4. The number of ether oxygens (including phenoxy) is 2. The first-order valence-corrected chi connectivity index (χ1v) is 13.2. The minimum Gasteiger partial charge on any atom is -0.444 e. The molecule has 13 nitrogen and oxygen atoms in total. The van der Waals surface area contributed by atoms with Crippen LogP contribution in [0.1, 0.15) is 89.2 Å². The molecular formula is C23H35N7O6S. The SMILES string of the molecule is CC(C)(C)OC(=O)/N=C(\NC(=O)OC(C)(C)C)N[C@H]1C[C@@H](c2nnc([C@@H]3CC[C@H]4CN3C(=O)N4O)s2)C1. The summed E-state index contributed by atoms with van der Waals surface area (Å²) in [5.74, 6) is 0.107. The summed E-state index contributed by atoms with van der Waals surface area (Å²) in [6, 6.07) is -0.773. The van der Waals surface area contributed by atoms with Crippen molar-refractivity contribution in [3.63, 3.8) is 0 Å². The number of aliphatic imine (C=N–C) groups is 1. The smallest absolute Gasteiger partial charge is 0.437 e. The lowest BCUT2D eigenvalue weighted by Gasteiger charge is -2.35. The number of hydrogen-bond acceptors (Lipinski definition) is 9. The van der Waals surface area contributed by atoms with Crippen LogP contribution in [-0.4, -0.2) is 79.4 Å². The number of guanidine groups is 1. The third-order valence-electron chi connectivity index (χ3n) is 6.13. The second-order valence-electron chi connectivity index (χ2n) is 11.6. The molecule has 1 aliphatic carbocycles. The number of urea groups is 1. The van der Waals surface area contributed by atoms with Gasteiger partial charge in [0.15, 0.2) is 0 Å². The molecule has 0 unspecified atom stereocenters. The number of carbonyl (C=O) groups excluding carboxylic acids is 3. The third kappa shape index (κ3) is 6.66. The number of piperidine rings is 1. The quantitative estimate of drug-likeness (QED) is 0.298. The van der Waals surface area contributed by atoms with Crippen LogP contribution in [0.3, 0.4) is 0 Å². The normalized spacial score (nSPS) is 26.0. The van der Waals surface area contributed by atoms with Crippen molar-refractivity contribution in [3.8, 4) is 0 Å². The Morgan fingerprint density at radius 3 is 2.35 bits per heavy atom. The molecule has 1 saturated carbocycles. The van der Waals surface area contributed by atoms with Crippen LogP contribution in [0.2, 0.25) is 0 Å². The van der Waals surface area contributed by atoms with E-state index in [0.717, 1.165) is 27.9 Å². The van der Waals surface area contributed by atoms with Gasteiger partial charge in [-0.05, 0) is 67.2 Å². The highest BCUT2D eigenvalue weighted by atomic mass is 32.1. The Bertz CT molecular complexity index is 1070. The molecule has 1 aromatic rings. The summed E-state index contributed by atoms with van der Waals surface area (Å²) in [5, 5.41) is 26.7. The largest absolute Gasteiger partial charge is 0.444 e. The minimum atomic E-state index is -0.830. The lowest BCUT2D eigenvalue weighted by molar-refractivity contribution is -0.0584. The van der Waals surface area contributed by atoms with E-state index < -0.39 is 23.4 Å². The molecule has 2 atom stereocenters. The Labute approximate surface area is 219 Å². The summed E-state index contributed by atoms with van der Waals surface area (Å²) in [6.45, 7) is 10.9. The number of hydrogen-bond donors (Lipinski definition) is 3. The standard InChI is InChI=1S/C23H35N7O6S/c1-22(2,3)35-19(31)25-18(26-20(32)36-23(4,5)6)24-13-9-12(10-13)16-27-28-17(37-16)15-8-7-14-11-29(15)21(33)30(14)34/h12-15,34H,7-11H2,1-6H3,(H2,24,25,26,31,32)/t12-,13+,14-,15-/m0/s1. The van der Waals surface area contributed by atoms with Crippen molar-refractivity contribution < 1.29 is 29.1 Å². The second kappa shape index (κ2) is 10.0. The van der Waals surface area contributed by atoms with Crippen molar-refractivity contribution in [1.29, 1.82) is 0 Å². The van der Waals surface area contributed by atoms with E-state index in [0.29, 0.717) is 19.4 Å². The van der Waals surface area contributed by atoms with Crippen LogP contribution in [0, 0.1) is 0 Å². The number of hydroxylamine groups is 2. The van der Waals surface area contributed by atoms with E-state index in [-0.39, 0.29) is 36.0 Å². The number of fused-ring (bicyclic) bond motifs is 2. The van der Waals surface area contributed by atoms with Crippen molar-refractivity contribution in [2.24, 2.45) is 4.99 Å².